The molecule has 1 saturated heterocycles. The molecule has 142 valence electrons. The smallest absolute Gasteiger partial charge is 0.251 e. The Morgan fingerprint density at radius 3 is 2.30 bits per heavy atom. The first kappa shape index (κ1) is 19.4. The van der Waals surface area contributed by atoms with Crippen LogP contribution >= 0.6 is 0 Å². The predicted molar refractivity (Wildman–Crippen MR) is 104 cm³/mol. The van der Waals surface area contributed by atoms with Crippen LogP contribution in [0.4, 0.5) is 0 Å². The van der Waals surface area contributed by atoms with Crippen molar-refractivity contribution in [1.82, 2.24) is 10.2 Å². The number of likely N-dealkylation sites (tertiary alicyclic amines) is 1. The van der Waals surface area contributed by atoms with E-state index in [0.717, 1.165) is 38.9 Å². The number of rotatable bonds is 4. The molecule has 2 fully saturated rings. The van der Waals surface area contributed by atoms with Gasteiger partial charge in [-0.25, -0.2) is 0 Å². The summed E-state index contributed by atoms with van der Waals surface area (Å²) in [5, 5.41) is 21.3. The SMILES string of the molecule is CC(C)(C)CCN1CCC2(CC1)CC2NC(=O)c1cc(C#N)cc(C#N)c1. The molecule has 1 aliphatic heterocycles. The van der Waals surface area contributed by atoms with Crippen molar-refractivity contribution < 1.29 is 4.79 Å². The second-order valence-electron chi connectivity index (χ2n) is 9.27. The predicted octanol–water partition coefficient (Wildman–Crippen LogP) is 3.45. The number of nitriles is 2. The van der Waals surface area contributed by atoms with E-state index in [9.17, 15) is 4.79 Å². The Balaban J connectivity index is 1.54. The summed E-state index contributed by atoms with van der Waals surface area (Å²) in [6, 6.07) is 8.86. The molecule has 1 atom stereocenters. The maximum Gasteiger partial charge on any atom is 0.251 e. The molecule has 0 aromatic heterocycles. The number of hydrogen-bond acceptors (Lipinski definition) is 4. The molecular formula is C22H28N4O. The highest BCUT2D eigenvalue weighted by atomic mass is 16.1. The van der Waals surface area contributed by atoms with E-state index in [2.05, 4.69) is 31.0 Å². The van der Waals surface area contributed by atoms with Crippen molar-refractivity contribution in [3.63, 3.8) is 0 Å². The highest BCUT2D eigenvalue weighted by Crippen LogP contribution is 2.54. The molecule has 3 rings (SSSR count). The van der Waals surface area contributed by atoms with Gasteiger partial charge in [0.2, 0.25) is 0 Å². The highest BCUT2D eigenvalue weighted by Gasteiger charge is 2.55. The van der Waals surface area contributed by atoms with Gasteiger partial charge < -0.3 is 10.2 Å². The van der Waals surface area contributed by atoms with Gasteiger partial charge >= 0.3 is 0 Å². The Bertz CT molecular complexity index is 769. The fourth-order valence-electron chi connectivity index (χ4n) is 3.95. The molecule has 5 nitrogen and oxygen atoms in total. The van der Waals surface area contributed by atoms with Gasteiger partial charge in [-0.2, -0.15) is 10.5 Å². The van der Waals surface area contributed by atoms with Crippen LogP contribution in [0, 0.1) is 33.5 Å². The topological polar surface area (TPSA) is 79.9 Å². The monoisotopic (exact) mass is 364 g/mol. The molecule has 1 spiro atoms. The molecule has 1 unspecified atom stereocenters. The molecule has 2 aliphatic rings. The number of nitrogens with zero attached hydrogens (tertiary/aromatic N) is 3. The molecule has 0 bridgehead atoms. The van der Waals surface area contributed by atoms with Crippen LogP contribution in [-0.4, -0.2) is 36.5 Å². The number of hydrogen-bond donors (Lipinski definition) is 1. The largest absolute Gasteiger partial charge is 0.349 e. The average molecular weight is 364 g/mol. The minimum atomic E-state index is -0.180. The molecule has 1 aromatic carbocycles. The molecular weight excluding hydrogens is 336 g/mol. The van der Waals surface area contributed by atoms with Gasteiger partial charge in [0.25, 0.3) is 5.91 Å². The maximum atomic E-state index is 12.6. The number of amides is 1. The molecule has 0 radical (unpaired) electrons. The lowest BCUT2D eigenvalue weighted by molar-refractivity contribution is 0.0932. The quantitative estimate of drug-likeness (QED) is 0.887. The van der Waals surface area contributed by atoms with Gasteiger partial charge in [0, 0.05) is 11.6 Å². The van der Waals surface area contributed by atoms with Crippen LogP contribution in [0.15, 0.2) is 18.2 Å². The van der Waals surface area contributed by atoms with E-state index in [1.165, 1.54) is 12.5 Å². The standard InChI is InChI=1S/C22H28N4O/c1-21(2,3)4-7-26-8-5-22(6-9-26)13-19(22)25-20(27)18-11-16(14-23)10-17(12-18)15-24/h10-12,19H,4-9,13H2,1-3H3,(H,25,27). The van der Waals surface area contributed by atoms with Gasteiger partial charge in [0.1, 0.15) is 0 Å². The van der Waals surface area contributed by atoms with Crippen molar-refractivity contribution in [2.24, 2.45) is 10.8 Å². The number of carbonyl (C=O) groups excluding carboxylic acids is 1. The van der Waals surface area contributed by atoms with E-state index in [4.69, 9.17) is 10.5 Å². The van der Waals surface area contributed by atoms with E-state index in [0.29, 0.717) is 22.1 Å². The molecule has 1 saturated carbocycles. The van der Waals surface area contributed by atoms with E-state index in [1.807, 2.05) is 12.1 Å². The van der Waals surface area contributed by atoms with Crippen LogP contribution in [0.25, 0.3) is 0 Å². The van der Waals surface area contributed by atoms with Crippen LogP contribution in [-0.2, 0) is 0 Å². The summed E-state index contributed by atoms with van der Waals surface area (Å²) in [7, 11) is 0. The first-order valence-electron chi connectivity index (χ1n) is 9.73. The lowest BCUT2D eigenvalue weighted by Gasteiger charge is -2.34. The van der Waals surface area contributed by atoms with E-state index in [-0.39, 0.29) is 17.4 Å². The zero-order valence-corrected chi connectivity index (χ0v) is 16.5. The van der Waals surface area contributed by atoms with Crippen molar-refractivity contribution in [2.75, 3.05) is 19.6 Å². The molecule has 27 heavy (non-hydrogen) atoms. The van der Waals surface area contributed by atoms with Gasteiger partial charge in [-0.05, 0) is 74.3 Å². The normalized spacial score (nSPS) is 21.3. The van der Waals surface area contributed by atoms with E-state index in [1.54, 1.807) is 12.1 Å². The Morgan fingerprint density at radius 1 is 1.19 bits per heavy atom. The third-order valence-electron chi connectivity index (χ3n) is 5.98. The zero-order chi connectivity index (χ0) is 19.7. The molecule has 5 heteroatoms. The van der Waals surface area contributed by atoms with Crippen LogP contribution in [0.2, 0.25) is 0 Å². The minimum absolute atomic E-state index is 0.180. The van der Waals surface area contributed by atoms with Crippen molar-refractivity contribution >= 4 is 5.91 Å². The molecule has 1 amide bonds. The van der Waals surface area contributed by atoms with Crippen molar-refractivity contribution in [3.8, 4) is 12.1 Å². The highest BCUT2D eigenvalue weighted by molar-refractivity contribution is 5.95. The first-order chi connectivity index (χ1) is 12.7. The Morgan fingerprint density at radius 2 is 1.78 bits per heavy atom. The van der Waals surface area contributed by atoms with Crippen LogP contribution in [0.1, 0.15) is 67.9 Å². The van der Waals surface area contributed by atoms with E-state index < -0.39 is 0 Å². The molecule has 1 heterocycles. The van der Waals surface area contributed by atoms with Gasteiger partial charge in [0.05, 0.1) is 23.3 Å². The molecule has 1 N–H and O–H groups in total. The van der Waals surface area contributed by atoms with E-state index >= 15 is 0 Å². The summed E-state index contributed by atoms with van der Waals surface area (Å²) in [4.78, 5) is 15.1. The Hall–Kier alpha value is -2.37. The Labute approximate surface area is 162 Å². The first-order valence-corrected chi connectivity index (χ1v) is 9.73. The average Bonchev–Trinajstić information content (AvgIpc) is 3.31. The number of nitrogens with one attached hydrogen (secondary N) is 1. The van der Waals surface area contributed by atoms with Gasteiger partial charge in [-0.3, -0.25) is 4.79 Å². The fourth-order valence-corrected chi connectivity index (χ4v) is 3.95. The molecule has 1 aliphatic carbocycles. The fraction of sp³-hybridized carbons (Fsp3) is 0.591. The molecule has 1 aromatic rings. The van der Waals surface area contributed by atoms with Gasteiger partial charge in [-0.1, -0.05) is 20.8 Å². The second kappa shape index (κ2) is 7.33. The van der Waals surface area contributed by atoms with Gasteiger partial charge in [0.15, 0.2) is 0 Å². The Kier molecular flexibility index (Phi) is 5.27. The summed E-state index contributed by atoms with van der Waals surface area (Å²) in [5.41, 5.74) is 1.70. The third-order valence-corrected chi connectivity index (χ3v) is 5.98. The van der Waals surface area contributed by atoms with Crippen LogP contribution in [0.3, 0.4) is 0 Å². The number of piperidine rings is 1. The second-order valence-corrected chi connectivity index (χ2v) is 9.27. The third kappa shape index (κ3) is 4.67. The number of carbonyl (C=O) groups is 1. The summed E-state index contributed by atoms with van der Waals surface area (Å²) < 4.78 is 0. The summed E-state index contributed by atoms with van der Waals surface area (Å²) in [6.45, 7) is 10.2. The van der Waals surface area contributed by atoms with Crippen molar-refractivity contribution in [2.45, 2.75) is 52.5 Å². The van der Waals surface area contributed by atoms with Crippen molar-refractivity contribution in [3.05, 3.63) is 34.9 Å². The lowest BCUT2D eigenvalue weighted by atomic mass is 9.89. The van der Waals surface area contributed by atoms with Crippen molar-refractivity contribution in [1.29, 1.82) is 10.5 Å². The van der Waals surface area contributed by atoms with Gasteiger partial charge in [-0.15, -0.1) is 0 Å². The maximum absolute atomic E-state index is 12.6. The summed E-state index contributed by atoms with van der Waals surface area (Å²) in [6.07, 6.45) is 4.50. The minimum Gasteiger partial charge on any atom is -0.349 e. The van der Waals surface area contributed by atoms with Crippen LogP contribution < -0.4 is 5.32 Å². The summed E-state index contributed by atoms with van der Waals surface area (Å²) >= 11 is 0. The zero-order valence-electron chi connectivity index (χ0n) is 16.5. The number of benzene rings is 1. The lowest BCUT2D eigenvalue weighted by Crippen LogP contribution is -2.39. The van der Waals surface area contributed by atoms with Crippen LogP contribution in [0.5, 0.6) is 0 Å². The summed E-state index contributed by atoms with van der Waals surface area (Å²) in [5.74, 6) is -0.180.